The molecule has 0 unspecified atom stereocenters. The largest absolute Gasteiger partial charge is 0.389 e. The summed E-state index contributed by atoms with van der Waals surface area (Å²) in [5.41, 5.74) is 0.954. The minimum absolute atomic E-state index is 0.0341. The van der Waals surface area contributed by atoms with Crippen molar-refractivity contribution in [2.24, 2.45) is 11.3 Å². The Morgan fingerprint density at radius 2 is 2.00 bits per heavy atom. The molecular formula is C18H23F3N2O. The first-order chi connectivity index (χ1) is 11.4. The lowest BCUT2D eigenvalue weighted by atomic mass is 9.67. The molecule has 2 atom stereocenters. The highest BCUT2D eigenvalue weighted by Gasteiger charge is 2.49. The van der Waals surface area contributed by atoms with Gasteiger partial charge in [0.15, 0.2) is 0 Å². The van der Waals surface area contributed by atoms with Gasteiger partial charge < -0.3 is 10.6 Å². The number of nitrogens with one attached hydrogen (secondary N) is 2. The van der Waals surface area contributed by atoms with Crippen LogP contribution < -0.4 is 10.6 Å². The molecule has 24 heavy (non-hydrogen) atoms. The van der Waals surface area contributed by atoms with Gasteiger partial charge in [0.05, 0.1) is 5.41 Å². The number of aryl methyl sites for hydroxylation is 1. The van der Waals surface area contributed by atoms with E-state index in [-0.39, 0.29) is 17.7 Å². The molecule has 2 aliphatic rings. The first-order valence-corrected chi connectivity index (χ1v) is 8.57. The number of amides is 1. The van der Waals surface area contributed by atoms with Gasteiger partial charge in [-0.1, -0.05) is 25.0 Å². The van der Waals surface area contributed by atoms with Crippen molar-refractivity contribution in [3.05, 3.63) is 29.8 Å². The molecule has 1 amide bonds. The normalized spacial score (nSPS) is 26.9. The number of carbonyl (C=O) groups excluding carboxylic acids is 1. The topological polar surface area (TPSA) is 41.1 Å². The Bertz CT molecular complexity index is 585. The number of fused-ring (bicyclic) bond motifs is 1. The van der Waals surface area contributed by atoms with Crippen molar-refractivity contribution in [1.82, 2.24) is 5.32 Å². The first kappa shape index (κ1) is 17.3. The molecule has 2 fully saturated rings. The minimum atomic E-state index is -4.14. The summed E-state index contributed by atoms with van der Waals surface area (Å²) in [6.07, 6.45) is -0.769. The van der Waals surface area contributed by atoms with Gasteiger partial charge in [0, 0.05) is 18.7 Å². The van der Waals surface area contributed by atoms with Crippen molar-refractivity contribution in [3.63, 3.8) is 0 Å². The van der Waals surface area contributed by atoms with E-state index in [1.165, 1.54) is 6.42 Å². The molecule has 1 saturated heterocycles. The zero-order valence-electron chi connectivity index (χ0n) is 13.6. The Hall–Kier alpha value is -1.56. The van der Waals surface area contributed by atoms with Crippen LogP contribution in [0.15, 0.2) is 24.3 Å². The average molecular weight is 340 g/mol. The summed E-state index contributed by atoms with van der Waals surface area (Å²) < 4.78 is 36.8. The van der Waals surface area contributed by atoms with Gasteiger partial charge in [-0.05, 0) is 49.4 Å². The summed E-state index contributed by atoms with van der Waals surface area (Å²) in [6.45, 7) is 1.61. The number of hydrogen-bond acceptors (Lipinski definition) is 2. The summed E-state index contributed by atoms with van der Waals surface area (Å²) in [4.78, 5) is 12.8. The van der Waals surface area contributed by atoms with E-state index < -0.39 is 12.6 Å². The predicted octanol–water partition coefficient (Wildman–Crippen LogP) is 3.90. The number of halogens is 3. The molecule has 3 rings (SSSR count). The number of rotatable bonds is 4. The Morgan fingerprint density at radius 3 is 2.71 bits per heavy atom. The Labute approximate surface area is 140 Å². The van der Waals surface area contributed by atoms with Crippen LogP contribution in [0.2, 0.25) is 0 Å². The maximum Gasteiger partial charge on any atom is 0.389 e. The Morgan fingerprint density at radius 1 is 1.25 bits per heavy atom. The van der Waals surface area contributed by atoms with Crippen molar-refractivity contribution in [3.8, 4) is 0 Å². The van der Waals surface area contributed by atoms with Gasteiger partial charge in [0.2, 0.25) is 5.91 Å². The number of hydrogen-bond donors (Lipinski definition) is 2. The number of benzene rings is 1. The quantitative estimate of drug-likeness (QED) is 0.873. The molecular weight excluding hydrogens is 317 g/mol. The van der Waals surface area contributed by atoms with Crippen molar-refractivity contribution >= 4 is 11.6 Å². The summed E-state index contributed by atoms with van der Waals surface area (Å²) in [5.74, 6) is 0.428. The summed E-state index contributed by atoms with van der Waals surface area (Å²) in [5, 5.41) is 6.32. The minimum Gasteiger partial charge on any atom is -0.326 e. The highest BCUT2D eigenvalue weighted by Crippen LogP contribution is 2.44. The van der Waals surface area contributed by atoms with E-state index >= 15 is 0 Å². The summed E-state index contributed by atoms with van der Waals surface area (Å²) >= 11 is 0. The Balaban J connectivity index is 1.62. The zero-order chi connectivity index (χ0) is 17.2. The van der Waals surface area contributed by atoms with Crippen LogP contribution >= 0.6 is 0 Å². The van der Waals surface area contributed by atoms with E-state index in [0.29, 0.717) is 23.7 Å². The van der Waals surface area contributed by atoms with Crippen molar-refractivity contribution < 1.29 is 18.0 Å². The highest BCUT2D eigenvalue weighted by atomic mass is 19.4. The van der Waals surface area contributed by atoms with E-state index in [1.807, 2.05) is 0 Å². The maximum absolute atomic E-state index is 12.8. The number of alkyl halides is 3. The molecule has 3 nitrogen and oxygen atoms in total. The molecule has 1 aromatic carbocycles. The van der Waals surface area contributed by atoms with Gasteiger partial charge in [0.1, 0.15) is 0 Å². The molecule has 0 spiro atoms. The van der Waals surface area contributed by atoms with Crippen LogP contribution in [0.25, 0.3) is 0 Å². The van der Waals surface area contributed by atoms with Crippen molar-refractivity contribution in [1.29, 1.82) is 0 Å². The molecule has 6 heteroatoms. The summed E-state index contributed by atoms with van der Waals surface area (Å²) in [6, 6.07) is 6.70. The molecule has 2 N–H and O–H groups in total. The molecule has 1 aliphatic carbocycles. The van der Waals surface area contributed by atoms with Gasteiger partial charge in [-0.15, -0.1) is 0 Å². The molecule has 1 aromatic rings. The fraction of sp³-hybridized carbons (Fsp3) is 0.611. The average Bonchev–Trinajstić information content (AvgIpc) is 2.99. The number of carbonyl (C=O) groups is 1. The van der Waals surface area contributed by atoms with Crippen LogP contribution in [-0.4, -0.2) is 25.2 Å². The van der Waals surface area contributed by atoms with Gasteiger partial charge >= 0.3 is 6.18 Å². The van der Waals surface area contributed by atoms with E-state index in [2.05, 4.69) is 10.6 Å². The molecule has 0 bridgehead atoms. The lowest BCUT2D eigenvalue weighted by Crippen LogP contribution is -2.44. The van der Waals surface area contributed by atoms with Crippen LogP contribution in [0, 0.1) is 11.3 Å². The second-order valence-electron chi connectivity index (χ2n) is 7.00. The third-order valence-corrected chi connectivity index (χ3v) is 5.40. The maximum atomic E-state index is 12.8. The third-order valence-electron chi connectivity index (χ3n) is 5.40. The van der Waals surface area contributed by atoms with Crippen LogP contribution in [0.3, 0.4) is 0 Å². The monoisotopic (exact) mass is 340 g/mol. The van der Waals surface area contributed by atoms with E-state index in [0.717, 1.165) is 25.8 Å². The van der Waals surface area contributed by atoms with Crippen LogP contribution in [0.4, 0.5) is 18.9 Å². The molecule has 1 aliphatic heterocycles. The van der Waals surface area contributed by atoms with Gasteiger partial charge in [-0.2, -0.15) is 13.2 Å². The van der Waals surface area contributed by atoms with Crippen LogP contribution in [0.5, 0.6) is 0 Å². The predicted molar refractivity (Wildman–Crippen MR) is 86.7 cm³/mol. The molecule has 1 heterocycles. The number of anilines is 1. The third kappa shape index (κ3) is 3.74. The lowest BCUT2D eigenvalue weighted by Gasteiger charge is -2.37. The smallest absolute Gasteiger partial charge is 0.326 e. The van der Waals surface area contributed by atoms with Gasteiger partial charge in [-0.25, -0.2) is 0 Å². The first-order valence-electron chi connectivity index (χ1n) is 8.57. The molecule has 132 valence electrons. The SMILES string of the molecule is O=C(Nc1ccc(CCC(F)(F)F)cc1)[C@@]12CCCC[C@H]1CNC2. The van der Waals surface area contributed by atoms with Gasteiger partial charge in [0.25, 0.3) is 0 Å². The Kier molecular flexibility index (Phi) is 4.85. The highest BCUT2D eigenvalue weighted by molar-refractivity contribution is 5.96. The fourth-order valence-electron chi connectivity index (χ4n) is 3.99. The molecule has 0 radical (unpaired) electrons. The van der Waals surface area contributed by atoms with Crippen molar-refractivity contribution in [2.75, 3.05) is 18.4 Å². The van der Waals surface area contributed by atoms with Crippen molar-refractivity contribution in [2.45, 2.75) is 44.7 Å². The molecule has 1 saturated carbocycles. The zero-order valence-corrected chi connectivity index (χ0v) is 13.6. The van der Waals surface area contributed by atoms with E-state index in [9.17, 15) is 18.0 Å². The fourth-order valence-corrected chi connectivity index (χ4v) is 3.99. The standard InChI is InChI=1S/C18H23F3N2O/c19-18(20,21)10-8-13-4-6-15(7-5-13)23-16(24)17-9-2-1-3-14(17)11-22-12-17/h4-7,14,22H,1-3,8-12H2,(H,23,24)/t14-,17+/m0/s1. The van der Waals surface area contributed by atoms with E-state index in [1.54, 1.807) is 24.3 Å². The second kappa shape index (κ2) is 6.75. The second-order valence-corrected chi connectivity index (χ2v) is 7.00. The van der Waals surface area contributed by atoms with Crippen LogP contribution in [0.1, 0.15) is 37.7 Å². The lowest BCUT2D eigenvalue weighted by molar-refractivity contribution is -0.134. The van der Waals surface area contributed by atoms with Crippen LogP contribution in [-0.2, 0) is 11.2 Å². The summed E-state index contributed by atoms with van der Waals surface area (Å²) in [7, 11) is 0. The van der Waals surface area contributed by atoms with E-state index in [4.69, 9.17) is 0 Å². The van der Waals surface area contributed by atoms with Gasteiger partial charge in [-0.3, -0.25) is 4.79 Å². The molecule has 0 aromatic heterocycles.